The molecule has 0 amide bonds. The number of ether oxygens (including phenoxy) is 2. The fraction of sp³-hybridized carbons (Fsp3) is 0.444. The van der Waals surface area contributed by atoms with Crippen LogP contribution in [0.3, 0.4) is 0 Å². The van der Waals surface area contributed by atoms with Gasteiger partial charge in [-0.15, -0.1) is 0 Å². The minimum Gasteiger partial charge on any atom is -0.497 e. The van der Waals surface area contributed by atoms with Gasteiger partial charge in [-0.05, 0) is 34.9 Å². The molecule has 1 aromatic carbocycles. The third kappa shape index (κ3) is 4.59. The molecule has 1 aromatic rings. The van der Waals surface area contributed by atoms with Gasteiger partial charge < -0.3 is 14.8 Å². The van der Waals surface area contributed by atoms with E-state index >= 15 is 0 Å². The van der Waals surface area contributed by atoms with Crippen LogP contribution in [0.5, 0.6) is 5.75 Å². The second-order valence-corrected chi connectivity index (χ2v) is 10.7. The van der Waals surface area contributed by atoms with Crippen LogP contribution in [0, 0.1) is 22.2 Å². The van der Waals surface area contributed by atoms with Crippen molar-refractivity contribution in [3.05, 3.63) is 64.4 Å². The number of benzene rings is 1. The molecular weight excluding hydrogens is 416 g/mol. The highest BCUT2D eigenvalue weighted by molar-refractivity contribution is 6.00. The van der Waals surface area contributed by atoms with Crippen LogP contribution in [0.4, 0.5) is 0 Å². The van der Waals surface area contributed by atoms with Gasteiger partial charge in [0.05, 0.1) is 13.0 Å². The summed E-state index contributed by atoms with van der Waals surface area (Å²) in [5.41, 5.74) is 2.01. The molecule has 0 saturated carbocycles. The van der Waals surface area contributed by atoms with Crippen LogP contribution in [0.1, 0.15) is 64.9 Å². The lowest BCUT2D eigenvalue weighted by atomic mass is 9.70. The van der Waals surface area contributed by atoms with E-state index in [2.05, 4.69) is 11.4 Å². The highest BCUT2D eigenvalue weighted by atomic mass is 16.5. The molecule has 6 heteroatoms. The van der Waals surface area contributed by atoms with Gasteiger partial charge in [0.2, 0.25) is 5.88 Å². The molecule has 33 heavy (non-hydrogen) atoms. The normalized spacial score (nSPS) is 23.9. The lowest BCUT2D eigenvalue weighted by Crippen LogP contribution is -2.35. The zero-order chi connectivity index (χ0) is 24.0. The summed E-state index contributed by atoms with van der Waals surface area (Å²) in [4.78, 5) is 25.5. The highest BCUT2D eigenvalue weighted by Gasteiger charge is 2.43. The first kappa shape index (κ1) is 22.8. The minimum atomic E-state index is -0.538. The zero-order valence-electron chi connectivity index (χ0n) is 19.9. The molecule has 2 aliphatic carbocycles. The minimum absolute atomic E-state index is 0.00191. The van der Waals surface area contributed by atoms with Crippen LogP contribution >= 0.6 is 0 Å². The van der Waals surface area contributed by atoms with Gasteiger partial charge in [0.1, 0.15) is 23.2 Å². The number of hydrogen-bond donors (Lipinski definition) is 1. The number of rotatable bonds is 4. The molecule has 6 nitrogen and oxygen atoms in total. The quantitative estimate of drug-likeness (QED) is 0.696. The second-order valence-electron chi connectivity index (χ2n) is 10.7. The molecule has 1 unspecified atom stereocenters. The van der Waals surface area contributed by atoms with Gasteiger partial charge in [0.15, 0.2) is 11.6 Å². The van der Waals surface area contributed by atoms with Crippen molar-refractivity contribution in [1.29, 1.82) is 5.26 Å². The van der Waals surface area contributed by atoms with Gasteiger partial charge in [-0.2, -0.15) is 5.26 Å². The van der Waals surface area contributed by atoms with Gasteiger partial charge in [-0.1, -0.05) is 39.8 Å². The molecule has 0 saturated heterocycles. The Morgan fingerprint density at radius 3 is 2.30 bits per heavy atom. The summed E-state index contributed by atoms with van der Waals surface area (Å²) >= 11 is 0. The van der Waals surface area contributed by atoms with Crippen molar-refractivity contribution in [1.82, 2.24) is 5.32 Å². The Balaban J connectivity index is 1.81. The third-order valence-electron chi connectivity index (χ3n) is 6.43. The van der Waals surface area contributed by atoms with Crippen molar-refractivity contribution in [2.45, 2.75) is 59.3 Å². The molecule has 1 heterocycles. The van der Waals surface area contributed by atoms with Crippen LogP contribution in [0.15, 0.2) is 58.8 Å². The first-order valence-electron chi connectivity index (χ1n) is 11.2. The van der Waals surface area contributed by atoms with Crippen LogP contribution in [0.2, 0.25) is 0 Å². The Morgan fingerprint density at radius 1 is 1.03 bits per heavy atom. The Kier molecular flexibility index (Phi) is 5.69. The number of ketones is 2. The Morgan fingerprint density at radius 2 is 1.70 bits per heavy atom. The number of nitrogens with zero attached hydrogens (tertiary/aromatic N) is 1. The molecular formula is C27H30N2O4. The Bertz CT molecular complexity index is 1140. The third-order valence-corrected chi connectivity index (χ3v) is 6.43. The summed E-state index contributed by atoms with van der Waals surface area (Å²) in [7, 11) is 1.60. The SMILES string of the molecule is COc1ccc(C2C(C#N)=C(NC3=CC(=O)CC(C)(C)C3)OC3=C2C(=O)CC(C)(C)C3)cc1. The van der Waals surface area contributed by atoms with Gasteiger partial charge in [-0.25, -0.2) is 0 Å². The fourth-order valence-corrected chi connectivity index (χ4v) is 5.05. The average molecular weight is 447 g/mol. The number of nitrogens with one attached hydrogen (secondary N) is 1. The van der Waals surface area contributed by atoms with Gasteiger partial charge >= 0.3 is 0 Å². The van der Waals surface area contributed by atoms with E-state index in [0.717, 1.165) is 11.3 Å². The van der Waals surface area contributed by atoms with Crippen molar-refractivity contribution in [3.8, 4) is 11.8 Å². The molecule has 1 atom stereocenters. The van der Waals surface area contributed by atoms with Crippen LogP contribution in [-0.4, -0.2) is 18.7 Å². The summed E-state index contributed by atoms with van der Waals surface area (Å²) in [5.74, 6) is 1.11. The molecule has 0 radical (unpaired) electrons. The van der Waals surface area contributed by atoms with E-state index in [9.17, 15) is 14.9 Å². The smallest absolute Gasteiger partial charge is 0.211 e. The fourth-order valence-electron chi connectivity index (χ4n) is 5.05. The average Bonchev–Trinajstić information content (AvgIpc) is 2.70. The molecule has 1 aliphatic heterocycles. The second kappa shape index (κ2) is 8.22. The predicted octanol–water partition coefficient (Wildman–Crippen LogP) is 5.05. The topological polar surface area (TPSA) is 88.4 Å². The summed E-state index contributed by atoms with van der Waals surface area (Å²) < 4.78 is 11.5. The molecule has 3 aliphatic rings. The highest BCUT2D eigenvalue weighted by Crippen LogP contribution is 2.48. The molecule has 0 bridgehead atoms. The van der Waals surface area contributed by atoms with Crippen LogP contribution < -0.4 is 10.1 Å². The maximum atomic E-state index is 13.3. The number of allylic oxidation sites excluding steroid dienone is 5. The zero-order valence-corrected chi connectivity index (χ0v) is 19.9. The maximum Gasteiger partial charge on any atom is 0.211 e. The Hall–Kier alpha value is -3.33. The van der Waals surface area contributed by atoms with E-state index < -0.39 is 5.92 Å². The molecule has 172 valence electrons. The van der Waals surface area contributed by atoms with Crippen LogP contribution in [0.25, 0.3) is 0 Å². The van der Waals surface area contributed by atoms with E-state index in [4.69, 9.17) is 9.47 Å². The van der Waals surface area contributed by atoms with E-state index in [-0.39, 0.29) is 22.4 Å². The van der Waals surface area contributed by atoms with Crippen molar-refractivity contribution in [2.24, 2.45) is 10.8 Å². The van der Waals surface area contributed by atoms with E-state index in [1.54, 1.807) is 13.2 Å². The van der Waals surface area contributed by atoms with E-state index in [1.165, 1.54) is 0 Å². The lowest BCUT2D eigenvalue weighted by molar-refractivity contribution is -0.119. The summed E-state index contributed by atoms with van der Waals surface area (Å²) in [6.45, 7) is 8.18. The molecule has 0 aromatic heterocycles. The van der Waals surface area contributed by atoms with Crippen molar-refractivity contribution < 1.29 is 19.1 Å². The van der Waals surface area contributed by atoms with E-state index in [0.29, 0.717) is 54.2 Å². The number of carbonyl (C=O) groups is 2. The number of carbonyl (C=O) groups excluding carboxylic acids is 2. The molecule has 0 fully saturated rings. The Labute approximate surface area is 195 Å². The standard InChI is InChI=1S/C27H30N2O4/c1-26(2)11-17(10-18(30)12-26)29-25-20(15-28)23(16-6-8-19(32-5)9-7-16)24-21(31)13-27(3,4)14-22(24)33-25/h6-10,23,29H,11-14H2,1-5H3. The summed E-state index contributed by atoms with van der Waals surface area (Å²) in [5, 5.41) is 13.4. The van der Waals surface area contributed by atoms with Gasteiger partial charge in [0, 0.05) is 36.6 Å². The number of hydrogen-bond acceptors (Lipinski definition) is 6. The largest absolute Gasteiger partial charge is 0.497 e. The number of nitriles is 1. The first-order valence-corrected chi connectivity index (χ1v) is 11.2. The van der Waals surface area contributed by atoms with Gasteiger partial charge in [0.25, 0.3) is 0 Å². The molecule has 4 rings (SSSR count). The van der Waals surface area contributed by atoms with Crippen molar-refractivity contribution in [2.75, 3.05) is 7.11 Å². The van der Waals surface area contributed by atoms with E-state index in [1.807, 2.05) is 52.0 Å². The number of methoxy groups -OCH3 is 1. The molecule has 1 N–H and O–H groups in total. The van der Waals surface area contributed by atoms with Crippen LogP contribution in [-0.2, 0) is 14.3 Å². The van der Waals surface area contributed by atoms with Crippen molar-refractivity contribution in [3.63, 3.8) is 0 Å². The summed E-state index contributed by atoms with van der Waals surface area (Å²) in [6, 6.07) is 9.71. The summed E-state index contributed by atoms with van der Waals surface area (Å²) in [6.07, 6.45) is 3.73. The lowest BCUT2D eigenvalue weighted by Gasteiger charge is -2.38. The van der Waals surface area contributed by atoms with Gasteiger partial charge in [-0.3, -0.25) is 9.59 Å². The molecule has 0 spiro atoms. The monoisotopic (exact) mass is 446 g/mol. The first-order chi connectivity index (χ1) is 15.5. The van der Waals surface area contributed by atoms with Crippen molar-refractivity contribution >= 4 is 11.6 Å². The predicted molar refractivity (Wildman–Crippen MR) is 124 cm³/mol. The maximum absolute atomic E-state index is 13.3. The number of Topliss-reactive ketones (excluding diaryl/α,β-unsaturated/α-hetero) is 1.